The molecule has 2 aliphatic rings. The molecule has 0 bridgehead atoms. The molecule has 0 amide bonds. The highest BCUT2D eigenvalue weighted by molar-refractivity contribution is 5.58. The van der Waals surface area contributed by atoms with Gasteiger partial charge in [0.2, 0.25) is 0 Å². The number of hydrogen-bond acceptors (Lipinski definition) is 4. The SMILES string of the molecule is COc1ccccc1N1CCN(CC[C@H](c2ccccc2F)[C@H](O)C2CCCCC2)CC1. The van der Waals surface area contributed by atoms with Crippen molar-refractivity contribution in [1.82, 2.24) is 4.90 Å². The van der Waals surface area contributed by atoms with E-state index in [0.29, 0.717) is 5.56 Å². The number of ether oxygens (including phenoxy) is 1. The van der Waals surface area contributed by atoms with Crippen molar-refractivity contribution in [2.75, 3.05) is 44.7 Å². The molecule has 1 saturated carbocycles. The number of nitrogens with zero attached hydrogens (tertiary/aromatic N) is 2. The van der Waals surface area contributed by atoms with E-state index in [-0.39, 0.29) is 17.7 Å². The van der Waals surface area contributed by atoms with E-state index < -0.39 is 6.10 Å². The van der Waals surface area contributed by atoms with E-state index in [1.54, 1.807) is 13.2 Å². The minimum absolute atomic E-state index is 0.147. The molecule has 32 heavy (non-hydrogen) atoms. The zero-order valence-corrected chi connectivity index (χ0v) is 19.3. The molecule has 1 saturated heterocycles. The monoisotopic (exact) mass is 440 g/mol. The van der Waals surface area contributed by atoms with Gasteiger partial charge < -0.3 is 14.7 Å². The third-order valence-corrected chi connectivity index (χ3v) is 7.40. The average Bonchev–Trinajstić information content (AvgIpc) is 2.86. The molecule has 1 aliphatic heterocycles. The third kappa shape index (κ3) is 5.44. The lowest BCUT2D eigenvalue weighted by molar-refractivity contribution is 0.0525. The van der Waals surface area contributed by atoms with Gasteiger partial charge >= 0.3 is 0 Å². The predicted octanol–water partition coefficient (Wildman–Crippen LogP) is 5.07. The summed E-state index contributed by atoms with van der Waals surface area (Å²) in [4.78, 5) is 4.83. The van der Waals surface area contributed by atoms with Gasteiger partial charge in [0.15, 0.2) is 0 Å². The van der Waals surface area contributed by atoms with E-state index in [4.69, 9.17) is 4.74 Å². The summed E-state index contributed by atoms with van der Waals surface area (Å²) >= 11 is 0. The van der Waals surface area contributed by atoms with E-state index in [0.717, 1.165) is 63.4 Å². The zero-order valence-electron chi connectivity index (χ0n) is 19.3. The van der Waals surface area contributed by atoms with Crippen molar-refractivity contribution in [2.24, 2.45) is 5.92 Å². The highest BCUT2D eigenvalue weighted by atomic mass is 19.1. The molecule has 2 atom stereocenters. The standard InChI is InChI=1S/C27H37FN2O2/c1-32-26-14-8-7-13-25(26)30-19-17-29(18-20-30)16-15-23(22-11-5-6-12-24(22)28)27(31)21-9-3-2-4-10-21/h5-8,11-14,21,23,27,31H,2-4,9-10,15-20H2,1H3/t23-,27-/m1/s1. The molecule has 0 unspecified atom stereocenters. The van der Waals surface area contributed by atoms with E-state index >= 15 is 0 Å². The number of benzene rings is 2. The highest BCUT2D eigenvalue weighted by Crippen LogP contribution is 2.36. The third-order valence-electron chi connectivity index (χ3n) is 7.40. The quantitative estimate of drug-likeness (QED) is 0.622. The topological polar surface area (TPSA) is 35.9 Å². The summed E-state index contributed by atoms with van der Waals surface area (Å²) in [6.07, 6.45) is 6.04. The van der Waals surface area contributed by atoms with Crippen LogP contribution in [0.15, 0.2) is 48.5 Å². The largest absolute Gasteiger partial charge is 0.495 e. The van der Waals surface area contributed by atoms with Gasteiger partial charge in [-0.15, -0.1) is 0 Å². The van der Waals surface area contributed by atoms with Gasteiger partial charge in [-0.1, -0.05) is 49.6 Å². The first-order valence-corrected chi connectivity index (χ1v) is 12.2. The summed E-state index contributed by atoms with van der Waals surface area (Å²) in [6, 6.07) is 15.2. The van der Waals surface area contributed by atoms with Crippen LogP contribution < -0.4 is 9.64 Å². The highest BCUT2D eigenvalue weighted by Gasteiger charge is 2.32. The molecule has 0 spiro atoms. The molecule has 4 rings (SSSR count). The summed E-state index contributed by atoms with van der Waals surface area (Å²) in [5, 5.41) is 11.3. The summed E-state index contributed by atoms with van der Waals surface area (Å²) in [5.41, 5.74) is 1.82. The number of halogens is 1. The fourth-order valence-electron chi connectivity index (χ4n) is 5.52. The predicted molar refractivity (Wildman–Crippen MR) is 128 cm³/mol. The van der Waals surface area contributed by atoms with Gasteiger partial charge in [0, 0.05) is 32.1 Å². The lowest BCUT2D eigenvalue weighted by Gasteiger charge is -2.38. The number of rotatable bonds is 8. The number of hydrogen-bond donors (Lipinski definition) is 1. The van der Waals surface area contributed by atoms with Crippen LogP contribution in [0.4, 0.5) is 10.1 Å². The van der Waals surface area contributed by atoms with Crippen molar-refractivity contribution >= 4 is 5.69 Å². The first kappa shape index (κ1) is 23.1. The van der Waals surface area contributed by atoms with Crippen LogP contribution in [0.25, 0.3) is 0 Å². The summed E-state index contributed by atoms with van der Waals surface area (Å²) in [5.74, 6) is 0.867. The number of aliphatic hydroxyl groups is 1. The second-order valence-corrected chi connectivity index (χ2v) is 9.31. The van der Waals surface area contributed by atoms with Crippen LogP contribution in [0.3, 0.4) is 0 Å². The molecule has 1 heterocycles. The van der Waals surface area contributed by atoms with E-state index in [1.807, 2.05) is 24.3 Å². The Labute approximate surface area is 192 Å². The molecule has 4 nitrogen and oxygen atoms in total. The molecule has 1 N–H and O–H groups in total. The van der Waals surface area contributed by atoms with Crippen LogP contribution in [0.5, 0.6) is 5.75 Å². The van der Waals surface area contributed by atoms with Crippen molar-refractivity contribution in [3.05, 3.63) is 59.9 Å². The lowest BCUT2D eigenvalue weighted by atomic mass is 9.77. The molecule has 0 radical (unpaired) electrons. The lowest BCUT2D eigenvalue weighted by Crippen LogP contribution is -2.47. The average molecular weight is 441 g/mol. The fraction of sp³-hybridized carbons (Fsp3) is 0.556. The molecule has 2 aromatic rings. The van der Waals surface area contributed by atoms with Gasteiger partial charge in [-0.2, -0.15) is 0 Å². The number of aliphatic hydroxyl groups excluding tert-OH is 1. The number of methoxy groups -OCH3 is 1. The van der Waals surface area contributed by atoms with Gasteiger partial charge in [-0.3, -0.25) is 4.90 Å². The first-order valence-electron chi connectivity index (χ1n) is 12.2. The summed E-state index contributed by atoms with van der Waals surface area (Å²) < 4.78 is 20.2. The van der Waals surface area contributed by atoms with E-state index in [2.05, 4.69) is 21.9 Å². The Balaban J connectivity index is 1.39. The van der Waals surface area contributed by atoms with Gasteiger partial charge in [0.1, 0.15) is 11.6 Å². The Morgan fingerprint density at radius 2 is 1.66 bits per heavy atom. The number of anilines is 1. The minimum atomic E-state index is -0.470. The molecule has 5 heteroatoms. The Bertz CT molecular complexity index is 847. The molecule has 174 valence electrons. The van der Waals surface area contributed by atoms with Crippen molar-refractivity contribution in [3.63, 3.8) is 0 Å². The Hall–Kier alpha value is -2.11. The fourth-order valence-corrected chi connectivity index (χ4v) is 5.52. The zero-order chi connectivity index (χ0) is 22.3. The van der Waals surface area contributed by atoms with Gasteiger partial charge in [0.05, 0.1) is 18.9 Å². The van der Waals surface area contributed by atoms with Crippen molar-refractivity contribution in [2.45, 2.75) is 50.5 Å². The number of para-hydroxylation sites is 2. The molecule has 2 aromatic carbocycles. The Morgan fingerprint density at radius 3 is 2.38 bits per heavy atom. The van der Waals surface area contributed by atoms with Gasteiger partial charge in [-0.25, -0.2) is 4.39 Å². The van der Waals surface area contributed by atoms with Crippen LogP contribution in [0, 0.1) is 11.7 Å². The Morgan fingerprint density at radius 1 is 0.969 bits per heavy atom. The van der Waals surface area contributed by atoms with E-state index in [9.17, 15) is 9.50 Å². The maximum absolute atomic E-state index is 14.7. The van der Waals surface area contributed by atoms with Crippen LogP contribution in [0.1, 0.15) is 50.0 Å². The van der Waals surface area contributed by atoms with Crippen LogP contribution in [0.2, 0.25) is 0 Å². The first-order chi connectivity index (χ1) is 15.7. The maximum Gasteiger partial charge on any atom is 0.142 e. The second kappa shape index (κ2) is 11.2. The molecule has 0 aromatic heterocycles. The van der Waals surface area contributed by atoms with Crippen LogP contribution in [-0.2, 0) is 0 Å². The smallest absolute Gasteiger partial charge is 0.142 e. The van der Waals surface area contributed by atoms with Crippen molar-refractivity contribution in [3.8, 4) is 5.75 Å². The van der Waals surface area contributed by atoms with Gasteiger partial charge in [0.25, 0.3) is 0 Å². The molecular weight excluding hydrogens is 403 g/mol. The maximum atomic E-state index is 14.7. The molecular formula is C27H37FN2O2. The molecule has 2 fully saturated rings. The van der Waals surface area contributed by atoms with Crippen LogP contribution in [-0.4, -0.2) is 55.9 Å². The van der Waals surface area contributed by atoms with Crippen molar-refractivity contribution in [1.29, 1.82) is 0 Å². The molecule has 1 aliphatic carbocycles. The van der Waals surface area contributed by atoms with Crippen molar-refractivity contribution < 1.29 is 14.2 Å². The normalized spacial score (nSPS) is 20.2. The van der Waals surface area contributed by atoms with E-state index in [1.165, 1.54) is 25.3 Å². The minimum Gasteiger partial charge on any atom is -0.495 e. The van der Waals surface area contributed by atoms with Gasteiger partial charge in [-0.05, 0) is 55.5 Å². The summed E-state index contributed by atoms with van der Waals surface area (Å²) in [7, 11) is 1.72. The Kier molecular flexibility index (Phi) is 8.04. The second-order valence-electron chi connectivity index (χ2n) is 9.31. The van der Waals surface area contributed by atoms with Crippen LogP contribution >= 0.6 is 0 Å². The number of piperazine rings is 1. The summed E-state index contributed by atoms with van der Waals surface area (Å²) in [6.45, 7) is 4.68.